The van der Waals surface area contributed by atoms with Gasteiger partial charge in [-0.25, -0.2) is 4.98 Å². The number of ether oxygens (including phenoxy) is 1. The highest BCUT2D eigenvalue weighted by Gasteiger charge is 2.37. The predicted molar refractivity (Wildman–Crippen MR) is 94.3 cm³/mol. The Morgan fingerprint density at radius 1 is 1.12 bits per heavy atom. The van der Waals surface area contributed by atoms with Gasteiger partial charge in [-0.15, -0.1) is 0 Å². The molecule has 3 heterocycles. The lowest BCUT2D eigenvalue weighted by atomic mass is 9.99. The number of nitrogens with zero attached hydrogens (tertiary/aromatic N) is 2. The molecule has 1 aliphatic heterocycles. The van der Waals surface area contributed by atoms with Crippen LogP contribution < -0.4 is 5.56 Å². The number of aliphatic hydroxyl groups excluding tert-OH is 1. The Labute approximate surface area is 142 Å². The average molecular weight is 333 g/mol. The van der Waals surface area contributed by atoms with Crippen molar-refractivity contribution in [2.45, 2.75) is 12.3 Å². The van der Waals surface area contributed by atoms with Crippen LogP contribution in [0.25, 0.3) is 33.3 Å². The Morgan fingerprint density at radius 2 is 1.84 bits per heavy atom. The van der Waals surface area contributed by atoms with Crippen molar-refractivity contribution in [3.05, 3.63) is 64.4 Å². The van der Waals surface area contributed by atoms with Gasteiger partial charge in [0.05, 0.1) is 16.6 Å². The molecule has 0 aliphatic carbocycles. The summed E-state index contributed by atoms with van der Waals surface area (Å²) in [5, 5.41) is 12.3. The van der Waals surface area contributed by atoms with Crippen molar-refractivity contribution in [1.29, 1.82) is 0 Å². The van der Waals surface area contributed by atoms with Gasteiger partial charge < -0.3 is 14.8 Å². The lowest BCUT2D eigenvalue weighted by Crippen LogP contribution is -2.35. The minimum atomic E-state index is -1.14. The fraction of sp³-hybridized carbons (Fsp3) is 0.158. The van der Waals surface area contributed by atoms with Crippen molar-refractivity contribution in [3.63, 3.8) is 0 Å². The number of hydrogen-bond acceptors (Lipinski definition) is 4. The number of H-pyrrole nitrogens is 1. The summed E-state index contributed by atoms with van der Waals surface area (Å²) in [5.41, 5.74) is 2.78. The van der Waals surface area contributed by atoms with E-state index >= 15 is 0 Å². The highest BCUT2D eigenvalue weighted by Crippen LogP contribution is 2.43. The molecule has 0 saturated carbocycles. The lowest BCUT2D eigenvalue weighted by Gasteiger charge is -2.30. The summed E-state index contributed by atoms with van der Waals surface area (Å²) in [7, 11) is 1.53. The Balaban J connectivity index is 1.96. The molecule has 124 valence electrons. The van der Waals surface area contributed by atoms with E-state index in [0.29, 0.717) is 22.4 Å². The van der Waals surface area contributed by atoms with Gasteiger partial charge in [0.15, 0.2) is 12.1 Å². The first-order valence-corrected chi connectivity index (χ1v) is 8.04. The number of rotatable bonds is 1. The van der Waals surface area contributed by atoms with Gasteiger partial charge in [0.25, 0.3) is 5.56 Å². The van der Waals surface area contributed by atoms with Crippen molar-refractivity contribution in [2.24, 2.45) is 0 Å². The molecule has 2 N–H and O–H groups in total. The second-order valence-electron chi connectivity index (χ2n) is 6.16. The molecule has 0 radical (unpaired) electrons. The summed E-state index contributed by atoms with van der Waals surface area (Å²) >= 11 is 0. The third-order valence-corrected chi connectivity index (χ3v) is 4.85. The number of methoxy groups -OCH3 is 1. The molecular weight excluding hydrogens is 318 g/mol. The van der Waals surface area contributed by atoms with E-state index in [9.17, 15) is 9.90 Å². The first-order chi connectivity index (χ1) is 12.2. The molecule has 5 rings (SSSR count). The molecule has 0 amide bonds. The number of benzene rings is 2. The maximum atomic E-state index is 13.0. The zero-order chi connectivity index (χ0) is 17.1. The fourth-order valence-electron chi connectivity index (χ4n) is 3.73. The van der Waals surface area contributed by atoms with E-state index in [4.69, 9.17) is 4.74 Å². The summed E-state index contributed by atoms with van der Waals surface area (Å²) in [6, 6.07) is 14.9. The zero-order valence-corrected chi connectivity index (χ0v) is 13.4. The summed E-state index contributed by atoms with van der Waals surface area (Å²) in [6.45, 7) is 0. The number of para-hydroxylation sites is 2. The maximum absolute atomic E-state index is 13.0. The Bertz CT molecular complexity index is 1190. The number of aromatic amines is 1. The number of hydrogen-bond donors (Lipinski definition) is 2. The van der Waals surface area contributed by atoms with Crippen LogP contribution in [0.3, 0.4) is 0 Å². The molecule has 0 saturated heterocycles. The smallest absolute Gasteiger partial charge is 0.263 e. The Kier molecular flexibility index (Phi) is 2.89. The molecule has 0 fully saturated rings. The van der Waals surface area contributed by atoms with E-state index in [-0.39, 0.29) is 5.56 Å². The topological polar surface area (TPSA) is 80.1 Å². The zero-order valence-electron chi connectivity index (χ0n) is 13.4. The predicted octanol–water partition coefficient (Wildman–Crippen LogP) is 2.74. The average Bonchev–Trinajstić information content (AvgIpc) is 3.02. The van der Waals surface area contributed by atoms with Gasteiger partial charge in [-0.3, -0.25) is 9.36 Å². The SMILES string of the molecule is CO[C@H]1c2c([nH]c3ccccc23)-c2nc3ccccc3c(=O)n2[C@@H]1O. The first kappa shape index (κ1) is 14.4. The van der Waals surface area contributed by atoms with Gasteiger partial charge in [0.2, 0.25) is 0 Å². The monoisotopic (exact) mass is 333 g/mol. The van der Waals surface area contributed by atoms with Gasteiger partial charge in [0, 0.05) is 23.6 Å². The number of fused-ring (bicyclic) bond motifs is 6. The van der Waals surface area contributed by atoms with E-state index in [1.807, 2.05) is 30.3 Å². The van der Waals surface area contributed by atoms with Gasteiger partial charge in [0.1, 0.15) is 6.10 Å². The molecule has 0 bridgehead atoms. The first-order valence-electron chi connectivity index (χ1n) is 8.04. The van der Waals surface area contributed by atoms with Crippen LogP contribution in [0.2, 0.25) is 0 Å². The minimum Gasteiger partial charge on any atom is -0.372 e. The van der Waals surface area contributed by atoms with Crippen LogP contribution in [0.15, 0.2) is 53.3 Å². The van der Waals surface area contributed by atoms with E-state index in [1.54, 1.807) is 18.2 Å². The molecule has 2 aromatic heterocycles. The highest BCUT2D eigenvalue weighted by atomic mass is 16.5. The second-order valence-corrected chi connectivity index (χ2v) is 6.16. The van der Waals surface area contributed by atoms with E-state index < -0.39 is 12.3 Å². The minimum absolute atomic E-state index is 0.278. The normalized spacial score (nSPS) is 19.1. The van der Waals surface area contributed by atoms with Crippen molar-refractivity contribution < 1.29 is 9.84 Å². The molecule has 0 spiro atoms. The maximum Gasteiger partial charge on any atom is 0.263 e. The molecule has 4 aromatic rings. The van der Waals surface area contributed by atoms with Crippen molar-refractivity contribution in [3.8, 4) is 11.5 Å². The molecule has 1 aliphatic rings. The van der Waals surface area contributed by atoms with Crippen molar-refractivity contribution >= 4 is 21.8 Å². The van der Waals surface area contributed by atoms with E-state index in [0.717, 1.165) is 16.5 Å². The van der Waals surface area contributed by atoms with Crippen LogP contribution >= 0.6 is 0 Å². The molecule has 2 atom stereocenters. The second kappa shape index (κ2) is 5.02. The third-order valence-electron chi connectivity index (χ3n) is 4.85. The summed E-state index contributed by atoms with van der Waals surface area (Å²) in [5.74, 6) is 0.427. The molecule has 6 heteroatoms. The fourth-order valence-corrected chi connectivity index (χ4v) is 3.73. The molecule has 25 heavy (non-hydrogen) atoms. The van der Waals surface area contributed by atoms with Crippen LogP contribution in [-0.4, -0.2) is 26.8 Å². The standard InChI is InChI=1S/C19H15N3O3/c1-25-16-14-10-6-2-4-8-12(10)20-15(14)17-21-13-9-5-3-7-11(13)18(23)22(17)19(16)24/h2-9,16,19-20,24H,1H3/t16-,19+/m0/s1. The quantitative estimate of drug-likeness (QED) is 0.561. The molecule has 2 aromatic carbocycles. The Morgan fingerprint density at radius 3 is 2.64 bits per heavy atom. The highest BCUT2D eigenvalue weighted by molar-refractivity contribution is 5.91. The van der Waals surface area contributed by atoms with Crippen LogP contribution in [0.5, 0.6) is 0 Å². The summed E-state index contributed by atoms with van der Waals surface area (Å²) < 4.78 is 6.88. The third kappa shape index (κ3) is 1.80. The number of aromatic nitrogens is 3. The lowest BCUT2D eigenvalue weighted by molar-refractivity contribution is -0.0578. The van der Waals surface area contributed by atoms with Crippen LogP contribution in [-0.2, 0) is 4.74 Å². The number of nitrogens with one attached hydrogen (secondary N) is 1. The summed E-state index contributed by atoms with van der Waals surface area (Å²) in [4.78, 5) is 20.9. The van der Waals surface area contributed by atoms with Crippen LogP contribution in [0, 0.1) is 0 Å². The van der Waals surface area contributed by atoms with Crippen LogP contribution in [0.4, 0.5) is 0 Å². The van der Waals surface area contributed by atoms with E-state index in [2.05, 4.69) is 9.97 Å². The number of aliphatic hydroxyl groups is 1. The van der Waals surface area contributed by atoms with Gasteiger partial charge in [-0.1, -0.05) is 30.3 Å². The van der Waals surface area contributed by atoms with Crippen molar-refractivity contribution in [1.82, 2.24) is 14.5 Å². The van der Waals surface area contributed by atoms with Gasteiger partial charge >= 0.3 is 0 Å². The molecule has 0 unspecified atom stereocenters. The largest absolute Gasteiger partial charge is 0.372 e. The summed E-state index contributed by atoms with van der Waals surface area (Å²) in [6.07, 6.45) is -1.80. The molecule has 6 nitrogen and oxygen atoms in total. The Hall–Kier alpha value is -2.96. The van der Waals surface area contributed by atoms with Gasteiger partial charge in [-0.05, 0) is 18.2 Å². The van der Waals surface area contributed by atoms with E-state index in [1.165, 1.54) is 11.7 Å². The van der Waals surface area contributed by atoms with Gasteiger partial charge in [-0.2, -0.15) is 0 Å². The van der Waals surface area contributed by atoms with Crippen LogP contribution in [0.1, 0.15) is 17.9 Å². The molecular formula is C19H15N3O3. The van der Waals surface area contributed by atoms with Crippen molar-refractivity contribution in [2.75, 3.05) is 7.11 Å².